The molecular formula is C8H8N4. The smallest absolute Gasteiger partial charge is 0.0924 e. The predicted octanol–water partition coefficient (Wildman–Crippen LogP) is 1.05. The van der Waals surface area contributed by atoms with Crippen LogP contribution >= 0.6 is 0 Å². The quantitative estimate of drug-likeness (QED) is 0.655. The third-order valence-electron chi connectivity index (χ3n) is 1.64. The number of nitrogen functional groups attached to an aromatic ring is 1. The number of nitrogens with one attached hydrogen (secondary N) is 1. The van der Waals surface area contributed by atoms with Crippen molar-refractivity contribution in [2.24, 2.45) is 0 Å². The van der Waals surface area contributed by atoms with Gasteiger partial charge in [-0.05, 0) is 6.07 Å². The van der Waals surface area contributed by atoms with Crippen LogP contribution in [0.2, 0.25) is 0 Å². The van der Waals surface area contributed by atoms with Gasteiger partial charge >= 0.3 is 0 Å². The Morgan fingerprint density at radius 1 is 1.25 bits per heavy atom. The van der Waals surface area contributed by atoms with Gasteiger partial charge in [-0.1, -0.05) is 0 Å². The molecule has 2 aromatic rings. The van der Waals surface area contributed by atoms with Crippen molar-refractivity contribution in [3.05, 3.63) is 31.0 Å². The van der Waals surface area contributed by atoms with Crippen molar-refractivity contribution in [3.63, 3.8) is 0 Å². The molecule has 0 fully saturated rings. The van der Waals surface area contributed by atoms with E-state index >= 15 is 0 Å². The van der Waals surface area contributed by atoms with E-state index in [-0.39, 0.29) is 0 Å². The molecule has 2 heterocycles. The Morgan fingerprint density at radius 2 is 2.17 bits per heavy atom. The maximum Gasteiger partial charge on any atom is 0.0924 e. The Hall–Kier alpha value is -1.84. The molecule has 0 saturated heterocycles. The summed E-state index contributed by atoms with van der Waals surface area (Å²) in [6, 6.07) is 1.76. The zero-order valence-electron chi connectivity index (χ0n) is 6.36. The topological polar surface area (TPSA) is 67.6 Å². The molecular weight excluding hydrogens is 152 g/mol. The number of nitrogens with zero attached hydrogens (tertiary/aromatic N) is 2. The molecule has 2 aromatic heterocycles. The number of hydrogen-bond acceptors (Lipinski definition) is 3. The Bertz CT molecular complexity index is 366. The second-order valence-electron chi connectivity index (χ2n) is 2.43. The summed E-state index contributed by atoms with van der Waals surface area (Å²) in [6.07, 6.45) is 6.70. The molecule has 0 radical (unpaired) electrons. The first-order valence-electron chi connectivity index (χ1n) is 3.56. The second kappa shape index (κ2) is 2.65. The largest absolute Gasteiger partial charge is 0.398 e. The molecule has 0 bridgehead atoms. The molecule has 0 spiro atoms. The zero-order chi connectivity index (χ0) is 8.39. The molecule has 0 aliphatic carbocycles. The molecule has 0 saturated carbocycles. The lowest BCUT2D eigenvalue weighted by Gasteiger charge is -1.99. The van der Waals surface area contributed by atoms with E-state index in [1.165, 1.54) is 0 Å². The zero-order valence-corrected chi connectivity index (χ0v) is 6.36. The molecule has 2 rings (SSSR count). The minimum absolute atomic E-state index is 0.703. The van der Waals surface area contributed by atoms with Gasteiger partial charge in [0.1, 0.15) is 0 Å². The summed E-state index contributed by atoms with van der Waals surface area (Å²) >= 11 is 0. The van der Waals surface area contributed by atoms with Crippen molar-refractivity contribution in [3.8, 4) is 11.3 Å². The molecule has 60 valence electrons. The van der Waals surface area contributed by atoms with Gasteiger partial charge in [0.25, 0.3) is 0 Å². The van der Waals surface area contributed by atoms with Crippen LogP contribution in [0.25, 0.3) is 11.3 Å². The number of aromatic nitrogens is 3. The summed E-state index contributed by atoms with van der Waals surface area (Å²) < 4.78 is 0. The highest BCUT2D eigenvalue weighted by Crippen LogP contribution is 2.20. The number of rotatable bonds is 1. The summed E-state index contributed by atoms with van der Waals surface area (Å²) in [5.74, 6) is 0. The van der Waals surface area contributed by atoms with E-state index < -0.39 is 0 Å². The van der Waals surface area contributed by atoms with Crippen molar-refractivity contribution in [1.29, 1.82) is 0 Å². The highest BCUT2D eigenvalue weighted by Gasteiger charge is 2.01. The van der Waals surface area contributed by atoms with Crippen LogP contribution in [-0.4, -0.2) is 15.0 Å². The fraction of sp³-hybridized carbons (Fsp3) is 0. The van der Waals surface area contributed by atoms with Crippen molar-refractivity contribution in [2.45, 2.75) is 0 Å². The van der Waals surface area contributed by atoms with Crippen LogP contribution in [0.4, 0.5) is 5.69 Å². The van der Waals surface area contributed by atoms with E-state index in [2.05, 4.69) is 15.0 Å². The number of imidazole rings is 1. The molecule has 0 aromatic carbocycles. The lowest BCUT2D eigenvalue weighted by molar-refractivity contribution is 1.29. The van der Waals surface area contributed by atoms with E-state index in [0.717, 1.165) is 11.3 Å². The fourth-order valence-electron chi connectivity index (χ4n) is 1.03. The molecule has 4 heteroatoms. The molecule has 0 atom stereocenters. The van der Waals surface area contributed by atoms with Gasteiger partial charge in [-0.15, -0.1) is 0 Å². The molecule has 0 aliphatic heterocycles. The number of H-pyrrole nitrogens is 1. The van der Waals surface area contributed by atoms with Crippen LogP contribution in [0.1, 0.15) is 0 Å². The van der Waals surface area contributed by atoms with Gasteiger partial charge in [0.15, 0.2) is 0 Å². The Balaban J connectivity index is 2.55. The third kappa shape index (κ3) is 1.03. The van der Waals surface area contributed by atoms with Crippen LogP contribution < -0.4 is 5.73 Å². The summed E-state index contributed by atoms with van der Waals surface area (Å²) in [4.78, 5) is 10.8. The van der Waals surface area contributed by atoms with Crippen LogP contribution in [0.5, 0.6) is 0 Å². The van der Waals surface area contributed by atoms with Crippen LogP contribution in [-0.2, 0) is 0 Å². The molecule has 0 unspecified atom stereocenters. The first-order valence-corrected chi connectivity index (χ1v) is 3.56. The Labute approximate surface area is 69.5 Å². The van der Waals surface area contributed by atoms with Gasteiger partial charge in [-0.25, -0.2) is 4.98 Å². The summed E-state index contributed by atoms with van der Waals surface area (Å²) in [7, 11) is 0. The Kier molecular flexibility index (Phi) is 1.51. The van der Waals surface area contributed by atoms with Crippen LogP contribution in [0, 0.1) is 0 Å². The minimum Gasteiger partial charge on any atom is -0.398 e. The van der Waals surface area contributed by atoms with E-state index in [0.29, 0.717) is 5.69 Å². The molecule has 0 aliphatic rings. The molecule has 12 heavy (non-hydrogen) atoms. The fourth-order valence-corrected chi connectivity index (χ4v) is 1.03. The van der Waals surface area contributed by atoms with Gasteiger partial charge in [0.05, 0.1) is 18.2 Å². The minimum atomic E-state index is 0.703. The summed E-state index contributed by atoms with van der Waals surface area (Å²) in [6.45, 7) is 0. The van der Waals surface area contributed by atoms with E-state index in [4.69, 9.17) is 5.73 Å². The second-order valence-corrected chi connectivity index (χ2v) is 2.43. The van der Waals surface area contributed by atoms with Gasteiger partial charge < -0.3 is 10.7 Å². The third-order valence-corrected chi connectivity index (χ3v) is 1.64. The first-order chi connectivity index (χ1) is 5.88. The van der Waals surface area contributed by atoms with E-state index in [1.807, 2.05) is 0 Å². The average molecular weight is 160 g/mol. The average Bonchev–Trinajstić information content (AvgIpc) is 2.57. The summed E-state index contributed by atoms with van der Waals surface area (Å²) in [5.41, 5.74) is 8.20. The van der Waals surface area contributed by atoms with E-state index in [1.54, 1.807) is 31.0 Å². The number of pyridine rings is 1. The van der Waals surface area contributed by atoms with Gasteiger partial charge in [0, 0.05) is 23.6 Å². The normalized spacial score (nSPS) is 10.0. The maximum atomic E-state index is 5.72. The van der Waals surface area contributed by atoms with Gasteiger partial charge in [0.2, 0.25) is 0 Å². The SMILES string of the molecule is Nc1ccncc1-c1cnc[nH]1. The van der Waals surface area contributed by atoms with Crippen molar-refractivity contribution >= 4 is 5.69 Å². The number of aromatic amines is 1. The first kappa shape index (κ1) is 6.84. The monoisotopic (exact) mass is 160 g/mol. The lowest BCUT2D eigenvalue weighted by Crippen LogP contribution is -1.90. The van der Waals surface area contributed by atoms with Crippen LogP contribution in [0.15, 0.2) is 31.0 Å². The number of nitrogens with two attached hydrogens (primary N) is 1. The standard InChI is InChI=1S/C8H8N4/c9-7-1-2-10-3-6(7)8-4-11-5-12-8/h1-5H,(H2,9,10)(H,11,12). The van der Waals surface area contributed by atoms with E-state index in [9.17, 15) is 0 Å². The van der Waals surface area contributed by atoms with Crippen molar-refractivity contribution in [1.82, 2.24) is 15.0 Å². The lowest BCUT2D eigenvalue weighted by atomic mass is 10.2. The molecule has 4 nitrogen and oxygen atoms in total. The van der Waals surface area contributed by atoms with Crippen LogP contribution in [0.3, 0.4) is 0 Å². The highest BCUT2D eigenvalue weighted by molar-refractivity contribution is 5.71. The maximum absolute atomic E-state index is 5.72. The summed E-state index contributed by atoms with van der Waals surface area (Å²) in [5, 5.41) is 0. The molecule has 0 amide bonds. The number of hydrogen-bond donors (Lipinski definition) is 2. The number of anilines is 1. The molecule has 3 N–H and O–H groups in total. The van der Waals surface area contributed by atoms with Gasteiger partial charge in [-0.2, -0.15) is 0 Å². The predicted molar refractivity (Wildman–Crippen MR) is 46.2 cm³/mol. The van der Waals surface area contributed by atoms with Gasteiger partial charge in [-0.3, -0.25) is 4.98 Å². The Morgan fingerprint density at radius 3 is 2.83 bits per heavy atom. The van der Waals surface area contributed by atoms with Crippen molar-refractivity contribution < 1.29 is 0 Å². The van der Waals surface area contributed by atoms with Crippen molar-refractivity contribution in [2.75, 3.05) is 5.73 Å². The highest BCUT2D eigenvalue weighted by atomic mass is 14.9.